The third-order valence-corrected chi connectivity index (χ3v) is 3.78. The second kappa shape index (κ2) is 5.70. The van der Waals surface area contributed by atoms with Crippen LogP contribution in [0.3, 0.4) is 0 Å². The Morgan fingerprint density at radius 2 is 1.90 bits per heavy atom. The molecule has 0 aliphatic carbocycles. The Balaban J connectivity index is 2.34. The number of carboxylic acids is 1. The number of ketones is 1. The van der Waals surface area contributed by atoms with E-state index in [1.807, 2.05) is 0 Å². The quantitative estimate of drug-likeness (QED) is 0.791. The number of aromatic nitrogens is 1. The van der Waals surface area contributed by atoms with Crippen molar-refractivity contribution in [3.05, 3.63) is 33.9 Å². The van der Waals surface area contributed by atoms with Gasteiger partial charge in [0.25, 0.3) is 0 Å². The van der Waals surface area contributed by atoms with Crippen LogP contribution in [0.25, 0.3) is 10.9 Å². The molecule has 0 saturated heterocycles. The number of rotatable bonds is 5. The molecule has 0 aliphatic heterocycles. The number of hydrogen-bond donors (Lipinski definition) is 2. The van der Waals surface area contributed by atoms with Crippen LogP contribution in [0.2, 0.25) is 10.0 Å². The zero-order valence-corrected chi connectivity index (χ0v) is 13.2. The molecule has 2 rings (SSSR count). The summed E-state index contributed by atoms with van der Waals surface area (Å²) in [6.07, 6.45) is 1.65. The van der Waals surface area contributed by atoms with Gasteiger partial charge in [0.1, 0.15) is 0 Å². The molecule has 0 fully saturated rings. The molecule has 1 heterocycles. The molecule has 112 valence electrons. The summed E-state index contributed by atoms with van der Waals surface area (Å²) in [5, 5.41) is 10.4. The third-order valence-electron chi connectivity index (χ3n) is 3.27. The fourth-order valence-electron chi connectivity index (χ4n) is 2.40. The summed E-state index contributed by atoms with van der Waals surface area (Å²) in [5.74, 6) is -1.06. The molecule has 2 aromatic rings. The van der Waals surface area contributed by atoms with Gasteiger partial charge < -0.3 is 10.1 Å². The van der Waals surface area contributed by atoms with E-state index in [4.69, 9.17) is 28.3 Å². The molecule has 6 heteroatoms. The Morgan fingerprint density at radius 3 is 2.52 bits per heavy atom. The molecule has 4 nitrogen and oxygen atoms in total. The lowest BCUT2D eigenvalue weighted by molar-refractivity contribution is -0.139. The molecule has 1 aromatic heterocycles. The SMILES string of the molecule is CC(C)(CC(=O)O)CC(=O)c1c[nH]c2cc(Cl)cc(Cl)c12. The normalized spacial score (nSPS) is 11.8. The summed E-state index contributed by atoms with van der Waals surface area (Å²) in [4.78, 5) is 26.3. The Morgan fingerprint density at radius 1 is 1.24 bits per heavy atom. The molecule has 1 aromatic carbocycles. The standard InChI is InChI=1S/C15H15Cl2NO3/c1-15(2,6-13(20)21)5-12(19)9-7-18-11-4-8(16)3-10(17)14(9)11/h3-4,7,18H,5-6H2,1-2H3,(H,20,21). The van der Waals surface area contributed by atoms with Gasteiger partial charge >= 0.3 is 5.97 Å². The van der Waals surface area contributed by atoms with Crippen molar-refractivity contribution in [2.24, 2.45) is 5.41 Å². The first-order valence-corrected chi connectivity index (χ1v) is 7.16. The Kier molecular flexibility index (Phi) is 4.30. The van der Waals surface area contributed by atoms with Gasteiger partial charge in [-0.25, -0.2) is 0 Å². The minimum absolute atomic E-state index is 0.0688. The molecule has 0 aliphatic rings. The first-order chi connectivity index (χ1) is 9.69. The van der Waals surface area contributed by atoms with Crippen molar-refractivity contribution in [2.75, 3.05) is 0 Å². The van der Waals surface area contributed by atoms with Crippen LogP contribution >= 0.6 is 23.2 Å². The van der Waals surface area contributed by atoms with Crippen molar-refractivity contribution in [2.45, 2.75) is 26.7 Å². The highest BCUT2D eigenvalue weighted by Gasteiger charge is 2.27. The monoisotopic (exact) mass is 327 g/mol. The van der Waals surface area contributed by atoms with Crippen LogP contribution < -0.4 is 0 Å². The molecule has 0 atom stereocenters. The predicted octanol–water partition coefficient (Wildman–Crippen LogP) is 4.55. The van der Waals surface area contributed by atoms with Crippen LogP contribution in [0.15, 0.2) is 18.3 Å². The highest BCUT2D eigenvalue weighted by atomic mass is 35.5. The average Bonchev–Trinajstić information content (AvgIpc) is 2.69. The average molecular weight is 328 g/mol. The van der Waals surface area contributed by atoms with Crippen molar-refractivity contribution >= 4 is 45.9 Å². The van der Waals surface area contributed by atoms with Crippen LogP contribution in [0, 0.1) is 5.41 Å². The lowest BCUT2D eigenvalue weighted by Gasteiger charge is -2.21. The Hall–Kier alpha value is -1.52. The van der Waals surface area contributed by atoms with Crippen LogP contribution in [-0.2, 0) is 4.79 Å². The smallest absolute Gasteiger partial charge is 0.303 e. The minimum Gasteiger partial charge on any atom is -0.481 e. The minimum atomic E-state index is -0.920. The summed E-state index contributed by atoms with van der Waals surface area (Å²) in [5.41, 5.74) is 0.530. The number of H-pyrrole nitrogens is 1. The zero-order chi connectivity index (χ0) is 15.8. The highest BCUT2D eigenvalue weighted by Crippen LogP contribution is 2.33. The van der Waals surface area contributed by atoms with E-state index in [1.54, 1.807) is 32.2 Å². The first kappa shape index (κ1) is 15.9. The molecular weight excluding hydrogens is 313 g/mol. The van der Waals surface area contributed by atoms with Gasteiger partial charge in [-0.3, -0.25) is 9.59 Å². The maximum atomic E-state index is 12.4. The number of benzene rings is 1. The summed E-state index contributed by atoms with van der Waals surface area (Å²) in [7, 11) is 0. The van der Waals surface area contributed by atoms with E-state index < -0.39 is 11.4 Å². The third kappa shape index (κ3) is 3.57. The Bertz CT molecular complexity index is 719. The summed E-state index contributed by atoms with van der Waals surface area (Å²) in [6, 6.07) is 3.28. The van der Waals surface area contributed by atoms with Crippen molar-refractivity contribution in [3.8, 4) is 0 Å². The van der Waals surface area contributed by atoms with Gasteiger partial charge in [0.05, 0.1) is 11.4 Å². The van der Waals surface area contributed by atoms with E-state index in [1.165, 1.54) is 0 Å². The second-order valence-corrected chi connectivity index (χ2v) is 6.69. The predicted molar refractivity (Wildman–Crippen MR) is 83.3 cm³/mol. The van der Waals surface area contributed by atoms with Crippen molar-refractivity contribution in [1.82, 2.24) is 4.98 Å². The summed E-state index contributed by atoms with van der Waals surface area (Å²) < 4.78 is 0. The number of hydrogen-bond acceptors (Lipinski definition) is 2. The van der Waals surface area contributed by atoms with Crippen LogP contribution in [0.5, 0.6) is 0 Å². The number of carbonyl (C=O) groups excluding carboxylic acids is 1. The molecule has 0 amide bonds. The maximum Gasteiger partial charge on any atom is 0.303 e. The highest BCUT2D eigenvalue weighted by molar-refractivity contribution is 6.39. The van der Waals surface area contributed by atoms with Gasteiger partial charge in [-0.1, -0.05) is 37.0 Å². The van der Waals surface area contributed by atoms with Gasteiger partial charge in [0.2, 0.25) is 0 Å². The molecule has 0 unspecified atom stereocenters. The van der Waals surface area contributed by atoms with Gasteiger partial charge in [-0.05, 0) is 17.5 Å². The van der Waals surface area contributed by atoms with Crippen LogP contribution in [0.1, 0.15) is 37.0 Å². The first-order valence-electron chi connectivity index (χ1n) is 6.41. The molecule has 0 saturated carbocycles. The molecular formula is C15H15Cl2NO3. The van der Waals surface area contributed by atoms with Crippen molar-refractivity contribution in [1.29, 1.82) is 0 Å². The van der Waals surface area contributed by atoms with E-state index in [9.17, 15) is 9.59 Å². The van der Waals surface area contributed by atoms with Crippen molar-refractivity contribution in [3.63, 3.8) is 0 Å². The number of halogens is 2. The van der Waals surface area contributed by atoms with E-state index in [0.717, 1.165) is 0 Å². The number of aliphatic carboxylic acids is 1. The molecule has 21 heavy (non-hydrogen) atoms. The topological polar surface area (TPSA) is 70.2 Å². The Labute approximate surface area is 132 Å². The molecule has 0 spiro atoms. The number of aromatic amines is 1. The van der Waals surface area contributed by atoms with Crippen molar-refractivity contribution < 1.29 is 14.7 Å². The largest absolute Gasteiger partial charge is 0.481 e. The maximum absolute atomic E-state index is 12.4. The van der Waals surface area contributed by atoms with E-state index >= 15 is 0 Å². The number of carbonyl (C=O) groups is 2. The van der Waals surface area contributed by atoms with E-state index in [2.05, 4.69) is 4.98 Å². The van der Waals surface area contributed by atoms with Gasteiger partial charge in [0, 0.05) is 34.1 Å². The zero-order valence-electron chi connectivity index (χ0n) is 11.7. The van der Waals surface area contributed by atoms with E-state index in [-0.39, 0.29) is 18.6 Å². The number of nitrogens with one attached hydrogen (secondary N) is 1. The molecule has 0 bridgehead atoms. The fraction of sp³-hybridized carbons (Fsp3) is 0.333. The summed E-state index contributed by atoms with van der Waals surface area (Å²) >= 11 is 12.1. The van der Waals surface area contributed by atoms with E-state index in [0.29, 0.717) is 26.5 Å². The fourth-order valence-corrected chi connectivity index (χ4v) is 3.00. The van der Waals surface area contributed by atoms with Crippen LogP contribution in [-0.4, -0.2) is 21.8 Å². The summed E-state index contributed by atoms with van der Waals surface area (Å²) in [6.45, 7) is 3.51. The lowest BCUT2D eigenvalue weighted by Crippen LogP contribution is -2.21. The van der Waals surface area contributed by atoms with Gasteiger partial charge in [0.15, 0.2) is 5.78 Å². The number of carboxylic acid groups (broad SMARTS) is 1. The molecule has 2 N–H and O–H groups in total. The number of fused-ring (bicyclic) bond motifs is 1. The van der Waals surface area contributed by atoms with Gasteiger partial charge in [-0.2, -0.15) is 0 Å². The lowest BCUT2D eigenvalue weighted by atomic mass is 9.82. The van der Waals surface area contributed by atoms with Crippen LogP contribution in [0.4, 0.5) is 0 Å². The second-order valence-electron chi connectivity index (χ2n) is 5.85. The number of Topliss-reactive ketones (excluding diaryl/α,β-unsaturated/α-hetero) is 1. The van der Waals surface area contributed by atoms with Gasteiger partial charge in [-0.15, -0.1) is 0 Å². The molecule has 0 radical (unpaired) electrons.